The molecule has 1 aromatic heterocycles. The largest absolute Gasteiger partial charge is 0.394 e. The molecule has 2 rings (SSSR count). The van der Waals surface area contributed by atoms with Crippen LogP contribution in [0.2, 0.25) is 0 Å². The Hall–Kier alpha value is -1.40. The van der Waals surface area contributed by atoms with Crippen LogP contribution in [0.1, 0.15) is 38.3 Å². The van der Waals surface area contributed by atoms with Crippen molar-refractivity contribution in [3.05, 3.63) is 5.69 Å². The van der Waals surface area contributed by atoms with Gasteiger partial charge < -0.3 is 10.6 Å². The predicted molar refractivity (Wildman–Crippen MR) is 72.7 cm³/mol. The maximum atomic E-state index is 12.9. The van der Waals surface area contributed by atoms with Gasteiger partial charge in [-0.2, -0.15) is 18.3 Å². The summed E-state index contributed by atoms with van der Waals surface area (Å²) in [6.45, 7) is 4.49. The normalized spacial score (nSPS) is 20.8. The minimum atomic E-state index is -4.15. The maximum absolute atomic E-state index is 12.9. The molecule has 1 aliphatic rings. The first-order valence-corrected chi connectivity index (χ1v) is 6.85. The molecule has 20 heavy (non-hydrogen) atoms. The minimum Gasteiger partial charge on any atom is -0.394 e. The fraction of sp³-hybridized carbons (Fsp3) is 0.769. The Morgan fingerprint density at radius 3 is 2.50 bits per heavy atom. The van der Waals surface area contributed by atoms with E-state index in [9.17, 15) is 13.2 Å². The molecule has 4 nitrogen and oxygen atoms in total. The highest BCUT2D eigenvalue weighted by atomic mass is 19.4. The zero-order valence-electron chi connectivity index (χ0n) is 12.0. The van der Waals surface area contributed by atoms with Gasteiger partial charge in [-0.1, -0.05) is 13.8 Å². The van der Waals surface area contributed by atoms with Gasteiger partial charge in [-0.15, -0.1) is 0 Å². The summed E-state index contributed by atoms with van der Waals surface area (Å²) in [5, 5.41) is 4.34. The molecule has 0 aliphatic carbocycles. The molecule has 2 N–H and O–H groups in total. The highest BCUT2D eigenvalue weighted by molar-refractivity contribution is 5.67. The van der Waals surface area contributed by atoms with Crippen molar-refractivity contribution in [1.29, 1.82) is 0 Å². The van der Waals surface area contributed by atoms with E-state index in [2.05, 4.69) is 5.10 Å². The lowest BCUT2D eigenvalue weighted by Gasteiger charge is -2.35. The average molecular weight is 290 g/mol. The van der Waals surface area contributed by atoms with Crippen LogP contribution < -0.4 is 10.6 Å². The first kappa shape index (κ1) is 15.0. The molecular weight excluding hydrogens is 269 g/mol. The molecule has 1 aliphatic heterocycles. The van der Waals surface area contributed by atoms with Crippen molar-refractivity contribution in [3.63, 3.8) is 0 Å². The van der Waals surface area contributed by atoms with Gasteiger partial charge in [-0.3, -0.25) is 4.68 Å². The van der Waals surface area contributed by atoms with E-state index in [1.165, 1.54) is 0 Å². The summed E-state index contributed by atoms with van der Waals surface area (Å²) >= 11 is 0. The zero-order valence-corrected chi connectivity index (χ0v) is 12.0. The van der Waals surface area contributed by atoms with Gasteiger partial charge in [0.25, 0.3) is 0 Å². The van der Waals surface area contributed by atoms with Crippen molar-refractivity contribution >= 4 is 11.5 Å². The molecule has 1 saturated heterocycles. The van der Waals surface area contributed by atoms with Gasteiger partial charge in [0.2, 0.25) is 0 Å². The second kappa shape index (κ2) is 5.18. The van der Waals surface area contributed by atoms with Crippen LogP contribution in [-0.2, 0) is 7.05 Å². The topological polar surface area (TPSA) is 47.1 Å². The predicted octanol–water partition coefficient (Wildman–Crippen LogP) is 2.90. The molecule has 0 radical (unpaired) electrons. The van der Waals surface area contributed by atoms with Gasteiger partial charge in [0.05, 0.1) is 17.3 Å². The molecule has 0 bridgehead atoms. The number of aryl methyl sites for hydroxylation is 1. The minimum absolute atomic E-state index is 0.0369. The Morgan fingerprint density at radius 2 is 2.00 bits per heavy atom. The lowest BCUT2D eigenvalue weighted by molar-refractivity contribution is -0.176. The Balaban J connectivity index is 2.28. The van der Waals surface area contributed by atoms with Crippen molar-refractivity contribution < 1.29 is 13.2 Å². The molecule has 1 fully saturated rings. The summed E-state index contributed by atoms with van der Waals surface area (Å²) in [4.78, 5) is 1.72. The van der Waals surface area contributed by atoms with Crippen LogP contribution >= 0.6 is 0 Å². The van der Waals surface area contributed by atoms with Gasteiger partial charge in [-0.25, -0.2) is 0 Å². The summed E-state index contributed by atoms with van der Waals surface area (Å²) in [7, 11) is 1.73. The van der Waals surface area contributed by atoms with Gasteiger partial charge in [0, 0.05) is 20.1 Å². The number of hydrogen-bond acceptors (Lipinski definition) is 3. The van der Waals surface area contributed by atoms with Crippen LogP contribution in [0.4, 0.5) is 24.7 Å². The maximum Gasteiger partial charge on any atom is 0.393 e. The van der Waals surface area contributed by atoms with E-state index in [-0.39, 0.29) is 18.9 Å². The Bertz CT molecular complexity index is 479. The van der Waals surface area contributed by atoms with E-state index < -0.39 is 12.1 Å². The number of alkyl halides is 3. The van der Waals surface area contributed by atoms with Crippen LogP contribution in [0.25, 0.3) is 0 Å². The third kappa shape index (κ3) is 2.71. The highest BCUT2D eigenvalue weighted by Gasteiger charge is 2.42. The Kier molecular flexibility index (Phi) is 3.88. The van der Waals surface area contributed by atoms with E-state index in [1.807, 2.05) is 13.8 Å². The van der Waals surface area contributed by atoms with Crippen molar-refractivity contribution in [2.45, 2.75) is 38.8 Å². The molecule has 0 amide bonds. The number of rotatable bonds is 2. The number of nitrogen functional groups attached to an aromatic ring is 1. The Labute approximate surface area is 116 Å². The summed E-state index contributed by atoms with van der Waals surface area (Å²) in [6, 6.07) is 0. The molecule has 1 unspecified atom stereocenters. The van der Waals surface area contributed by atoms with E-state index >= 15 is 0 Å². The van der Waals surface area contributed by atoms with E-state index in [0.717, 1.165) is 5.69 Å². The van der Waals surface area contributed by atoms with Crippen LogP contribution in [0.3, 0.4) is 0 Å². The summed E-state index contributed by atoms with van der Waals surface area (Å²) < 4.78 is 40.3. The SMILES string of the molecule is CC(C)c1nn(C)c(N2CCCC(C(F)(F)F)C2)c1N. The van der Waals surface area contributed by atoms with Crippen LogP contribution in [0.5, 0.6) is 0 Å². The second-order valence-electron chi connectivity index (χ2n) is 5.73. The lowest BCUT2D eigenvalue weighted by Crippen LogP contribution is -2.42. The van der Waals surface area contributed by atoms with E-state index in [0.29, 0.717) is 24.5 Å². The van der Waals surface area contributed by atoms with Crippen molar-refractivity contribution in [1.82, 2.24) is 9.78 Å². The number of nitrogens with zero attached hydrogens (tertiary/aromatic N) is 3. The van der Waals surface area contributed by atoms with Gasteiger partial charge in [0.15, 0.2) is 0 Å². The van der Waals surface area contributed by atoms with Gasteiger partial charge in [-0.05, 0) is 18.8 Å². The quantitative estimate of drug-likeness (QED) is 0.911. The third-order valence-electron chi connectivity index (χ3n) is 3.81. The summed E-state index contributed by atoms with van der Waals surface area (Å²) in [6.07, 6.45) is -3.44. The molecule has 2 heterocycles. The zero-order chi connectivity index (χ0) is 15.1. The van der Waals surface area contributed by atoms with E-state index in [4.69, 9.17) is 5.73 Å². The third-order valence-corrected chi connectivity index (χ3v) is 3.81. The Morgan fingerprint density at radius 1 is 1.35 bits per heavy atom. The summed E-state index contributed by atoms with van der Waals surface area (Å²) in [5.74, 6) is -0.520. The molecule has 114 valence electrons. The molecule has 0 aromatic carbocycles. The van der Waals surface area contributed by atoms with Gasteiger partial charge >= 0.3 is 6.18 Å². The number of aromatic nitrogens is 2. The molecule has 7 heteroatoms. The number of nitrogens with two attached hydrogens (primary N) is 1. The lowest BCUT2D eigenvalue weighted by atomic mass is 9.97. The first-order valence-electron chi connectivity index (χ1n) is 6.85. The van der Waals surface area contributed by atoms with Crippen molar-refractivity contribution in [3.8, 4) is 0 Å². The average Bonchev–Trinajstić information content (AvgIpc) is 2.64. The summed E-state index contributed by atoms with van der Waals surface area (Å²) in [5.41, 5.74) is 7.34. The molecular formula is C13H21F3N4. The van der Waals surface area contributed by atoms with Crippen molar-refractivity contribution in [2.24, 2.45) is 13.0 Å². The van der Waals surface area contributed by atoms with Crippen molar-refractivity contribution in [2.75, 3.05) is 23.7 Å². The molecule has 1 aromatic rings. The fourth-order valence-corrected chi connectivity index (χ4v) is 2.79. The number of piperidine rings is 1. The van der Waals surface area contributed by atoms with Gasteiger partial charge in [0.1, 0.15) is 5.82 Å². The highest BCUT2D eigenvalue weighted by Crippen LogP contribution is 2.37. The smallest absolute Gasteiger partial charge is 0.393 e. The van der Waals surface area contributed by atoms with Crippen LogP contribution in [0, 0.1) is 5.92 Å². The van der Waals surface area contributed by atoms with E-state index in [1.54, 1.807) is 16.6 Å². The fourth-order valence-electron chi connectivity index (χ4n) is 2.79. The first-order chi connectivity index (χ1) is 9.21. The molecule has 1 atom stereocenters. The monoisotopic (exact) mass is 290 g/mol. The number of anilines is 2. The van der Waals surface area contributed by atoms with Crippen LogP contribution in [0.15, 0.2) is 0 Å². The molecule has 0 spiro atoms. The number of hydrogen-bond donors (Lipinski definition) is 1. The number of halogens is 3. The van der Waals surface area contributed by atoms with Crippen LogP contribution in [-0.4, -0.2) is 29.0 Å². The second-order valence-corrected chi connectivity index (χ2v) is 5.73. The standard InChI is InChI=1S/C13H21F3N4/c1-8(2)11-10(17)12(19(3)18-11)20-6-4-5-9(7-20)13(14,15)16/h8-9H,4-7,17H2,1-3H3. The molecule has 0 saturated carbocycles.